The van der Waals surface area contributed by atoms with Crippen molar-refractivity contribution >= 4 is 33.1 Å². The fraction of sp³-hybridized carbons (Fsp3) is 0.350. The third kappa shape index (κ3) is 3.16. The lowest BCUT2D eigenvalue weighted by molar-refractivity contribution is 0.1000. The van der Waals surface area contributed by atoms with Crippen LogP contribution in [0.2, 0.25) is 0 Å². The fourth-order valence-corrected chi connectivity index (χ4v) is 5.88. The summed E-state index contributed by atoms with van der Waals surface area (Å²) >= 11 is 0. The molecule has 1 spiro atoms. The third-order valence-corrected chi connectivity index (χ3v) is 7.80. The van der Waals surface area contributed by atoms with Crippen LogP contribution in [0, 0.1) is 0 Å². The molecule has 3 N–H and O–H groups in total. The van der Waals surface area contributed by atoms with Gasteiger partial charge in [0.2, 0.25) is 5.91 Å². The minimum Gasteiger partial charge on any atom is -0.366 e. The van der Waals surface area contributed by atoms with Gasteiger partial charge in [-0.2, -0.15) is 12.7 Å². The Morgan fingerprint density at radius 2 is 2.00 bits per heavy atom. The van der Waals surface area contributed by atoms with Crippen LogP contribution in [0.5, 0.6) is 0 Å². The standard InChI is InChI=1S/C20H22N6O4S/c1-30-31(28,29)26-9-8-25(19-15-6-7-22-18(15)23-12-24-19)11-20(26)10-16(20)13-2-4-14(5-3-13)17(21)27/h2-7,12,16H,8-11H2,1H3,(H2,21,27)(H,22,23,24). The highest BCUT2D eigenvalue weighted by Crippen LogP contribution is 2.58. The van der Waals surface area contributed by atoms with Crippen molar-refractivity contribution in [3.8, 4) is 0 Å². The zero-order valence-electron chi connectivity index (χ0n) is 16.9. The van der Waals surface area contributed by atoms with Gasteiger partial charge >= 0.3 is 10.3 Å². The molecular formula is C20H22N6O4S. The van der Waals surface area contributed by atoms with E-state index in [0.717, 1.165) is 22.4 Å². The summed E-state index contributed by atoms with van der Waals surface area (Å²) in [6.07, 6.45) is 3.96. The Morgan fingerprint density at radius 3 is 2.71 bits per heavy atom. The van der Waals surface area contributed by atoms with Crippen LogP contribution in [0.15, 0.2) is 42.9 Å². The molecule has 2 aromatic heterocycles. The van der Waals surface area contributed by atoms with E-state index in [-0.39, 0.29) is 12.5 Å². The maximum absolute atomic E-state index is 12.7. The number of nitrogens with one attached hydrogen (secondary N) is 1. The lowest BCUT2D eigenvalue weighted by Gasteiger charge is -2.41. The van der Waals surface area contributed by atoms with Gasteiger partial charge in [0.15, 0.2) is 0 Å². The van der Waals surface area contributed by atoms with E-state index in [1.54, 1.807) is 12.1 Å². The van der Waals surface area contributed by atoms with Crippen LogP contribution in [0.3, 0.4) is 0 Å². The van der Waals surface area contributed by atoms with Gasteiger partial charge in [-0.3, -0.25) is 8.98 Å². The number of fused-ring (bicyclic) bond motifs is 1. The van der Waals surface area contributed by atoms with Crippen molar-refractivity contribution in [2.45, 2.75) is 17.9 Å². The molecule has 2 atom stereocenters. The lowest BCUT2D eigenvalue weighted by Crippen LogP contribution is -2.58. The van der Waals surface area contributed by atoms with Crippen LogP contribution in [0.4, 0.5) is 5.82 Å². The van der Waals surface area contributed by atoms with Gasteiger partial charge in [-0.15, -0.1) is 0 Å². The summed E-state index contributed by atoms with van der Waals surface area (Å²) in [5, 5.41) is 0.892. The van der Waals surface area contributed by atoms with Crippen LogP contribution in [-0.2, 0) is 14.5 Å². The maximum Gasteiger partial charge on any atom is 0.338 e. The lowest BCUT2D eigenvalue weighted by atomic mass is 10.0. The average molecular weight is 443 g/mol. The first kappa shape index (κ1) is 19.9. The number of rotatable bonds is 5. The van der Waals surface area contributed by atoms with Crippen LogP contribution in [0.1, 0.15) is 28.3 Å². The normalized spacial score (nSPS) is 24.0. The van der Waals surface area contributed by atoms with Gasteiger partial charge in [0.25, 0.3) is 0 Å². The minimum absolute atomic E-state index is 0.0364. The Bertz CT molecular complexity index is 1260. The summed E-state index contributed by atoms with van der Waals surface area (Å²) in [4.78, 5) is 25.3. The number of carbonyl (C=O) groups excluding carboxylic acids is 1. The Balaban J connectivity index is 1.51. The number of aromatic amines is 1. The molecule has 1 aliphatic carbocycles. The van der Waals surface area contributed by atoms with E-state index in [2.05, 4.69) is 19.9 Å². The molecule has 1 aromatic carbocycles. The zero-order chi connectivity index (χ0) is 21.8. The molecule has 3 heterocycles. The van der Waals surface area contributed by atoms with E-state index >= 15 is 0 Å². The van der Waals surface area contributed by atoms with Crippen LogP contribution >= 0.6 is 0 Å². The number of primary amides is 1. The van der Waals surface area contributed by atoms with E-state index in [4.69, 9.17) is 9.92 Å². The average Bonchev–Trinajstić information content (AvgIpc) is 3.24. The Morgan fingerprint density at radius 1 is 1.23 bits per heavy atom. The zero-order valence-corrected chi connectivity index (χ0v) is 17.7. The molecule has 0 bridgehead atoms. The molecule has 1 amide bonds. The van der Waals surface area contributed by atoms with E-state index < -0.39 is 21.8 Å². The largest absolute Gasteiger partial charge is 0.366 e. The molecule has 1 aliphatic heterocycles. The Hall–Kier alpha value is -3.02. The number of hydrogen-bond acceptors (Lipinski definition) is 7. The van der Waals surface area contributed by atoms with Crippen LogP contribution in [0.25, 0.3) is 11.0 Å². The van der Waals surface area contributed by atoms with E-state index in [0.29, 0.717) is 25.1 Å². The number of H-pyrrole nitrogens is 1. The summed E-state index contributed by atoms with van der Waals surface area (Å²) in [6.45, 7) is 1.23. The molecule has 2 unspecified atom stereocenters. The summed E-state index contributed by atoms with van der Waals surface area (Å²) in [6, 6.07) is 8.94. The predicted molar refractivity (Wildman–Crippen MR) is 114 cm³/mol. The number of carbonyl (C=O) groups is 1. The van der Waals surface area contributed by atoms with Gasteiger partial charge < -0.3 is 15.6 Å². The number of piperazine rings is 1. The number of benzene rings is 1. The molecule has 31 heavy (non-hydrogen) atoms. The monoisotopic (exact) mass is 442 g/mol. The smallest absolute Gasteiger partial charge is 0.338 e. The van der Waals surface area contributed by atoms with Crippen molar-refractivity contribution in [3.63, 3.8) is 0 Å². The van der Waals surface area contributed by atoms with E-state index in [9.17, 15) is 13.2 Å². The fourth-order valence-electron chi connectivity index (χ4n) is 4.69. The predicted octanol–water partition coefficient (Wildman–Crippen LogP) is 0.996. The summed E-state index contributed by atoms with van der Waals surface area (Å²) < 4.78 is 31.8. The first-order valence-electron chi connectivity index (χ1n) is 9.87. The molecule has 2 aliphatic rings. The van der Waals surface area contributed by atoms with Gasteiger partial charge in [-0.05, 0) is 30.2 Å². The molecule has 162 valence electrons. The van der Waals surface area contributed by atoms with Crippen molar-refractivity contribution in [3.05, 3.63) is 54.0 Å². The molecule has 1 saturated heterocycles. The number of nitrogens with two attached hydrogens (primary N) is 1. The SMILES string of the molecule is COS(=O)(=O)N1CCN(c2ncnc3[nH]ccc23)CC12CC2c1ccc(C(N)=O)cc1. The van der Waals surface area contributed by atoms with Gasteiger partial charge in [0, 0.05) is 37.3 Å². The highest BCUT2D eigenvalue weighted by Gasteiger charge is 2.64. The molecule has 3 aromatic rings. The van der Waals surface area contributed by atoms with Gasteiger partial charge in [0.1, 0.15) is 17.8 Å². The Kier molecular flexibility index (Phi) is 4.50. The quantitative estimate of drug-likeness (QED) is 0.602. The molecule has 1 saturated carbocycles. The topological polar surface area (TPSA) is 135 Å². The molecule has 0 radical (unpaired) electrons. The first-order valence-corrected chi connectivity index (χ1v) is 11.2. The van der Waals surface area contributed by atoms with Crippen molar-refractivity contribution in [1.82, 2.24) is 19.3 Å². The molecule has 5 rings (SSSR count). The number of aromatic nitrogens is 3. The second kappa shape index (κ2) is 7.01. The number of anilines is 1. The summed E-state index contributed by atoms with van der Waals surface area (Å²) in [5.74, 6) is 0.240. The van der Waals surface area contributed by atoms with Crippen molar-refractivity contribution in [2.75, 3.05) is 31.6 Å². The summed E-state index contributed by atoms with van der Waals surface area (Å²) in [7, 11) is -2.69. The second-order valence-corrected chi connectivity index (χ2v) is 9.53. The third-order valence-electron chi connectivity index (χ3n) is 6.29. The number of nitrogens with zero attached hydrogens (tertiary/aromatic N) is 4. The highest BCUT2D eigenvalue weighted by molar-refractivity contribution is 7.84. The number of amides is 1. The highest BCUT2D eigenvalue weighted by atomic mass is 32.2. The van der Waals surface area contributed by atoms with Crippen molar-refractivity contribution in [2.24, 2.45) is 5.73 Å². The summed E-state index contributed by atoms with van der Waals surface area (Å²) in [5.41, 5.74) is 6.80. The maximum atomic E-state index is 12.7. The number of hydrogen-bond donors (Lipinski definition) is 2. The van der Waals surface area contributed by atoms with Gasteiger partial charge in [0.05, 0.1) is 18.0 Å². The second-order valence-electron chi connectivity index (χ2n) is 7.90. The molecular weight excluding hydrogens is 420 g/mol. The first-order chi connectivity index (χ1) is 14.9. The van der Waals surface area contributed by atoms with E-state index in [1.165, 1.54) is 17.7 Å². The minimum atomic E-state index is -3.87. The molecule has 10 nitrogen and oxygen atoms in total. The van der Waals surface area contributed by atoms with E-state index in [1.807, 2.05) is 24.4 Å². The van der Waals surface area contributed by atoms with Crippen molar-refractivity contribution in [1.29, 1.82) is 0 Å². The Labute approximate surface area is 179 Å². The van der Waals surface area contributed by atoms with Crippen LogP contribution in [-0.4, -0.2) is 65.9 Å². The molecule has 2 fully saturated rings. The van der Waals surface area contributed by atoms with Crippen LogP contribution < -0.4 is 10.6 Å². The molecule has 11 heteroatoms. The van der Waals surface area contributed by atoms with Gasteiger partial charge in [-0.1, -0.05) is 12.1 Å². The van der Waals surface area contributed by atoms with Crippen molar-refractivity contribution < 1.29 is 17.4 Å². The van der Waals surface area contributed by atoms with Gasteiger partial charge in [-0.25, -0.2) is 9.97 Å².